The molecule has 2 aromatic heterocycles. The van der Waals surface area contributed by atoms with E-state index in [0.717, 1.165) is 25.1 Å². The van der Waals surface area contributed by atoms with E-state index in [0.29, 0.717) is 11.8 Å². The summed E-state index contributed by atoms with van der Waals surface area (Å²) in [5.41, 5.74) is 0. The van der Waals surface area contributed by atoms with Crippen molar-refractivity contribution in [2.24, 2.45) is 0 Å². The lowest BCUT2D eigenvalue weighted by molar-refractivity contribution is 0.0979. The van der Waals surface area contributed by atoms with Gasteiger partial charge in [0.25, 0.3) is 0 Å². The largest absolute Gasteiger partial charge is 0.293 e. The summed E-state index contributed by atoms with van der Waals surface area (Å²) in [4.78, 5) is 12.5. The van der Waals surface area contributed by atoms with Crippen LogP contribution in [0.15, 0.2) is 7.57 Å². The van der Waals surface area contributed by atoms with Crippen LogP contribution in [0.3, 0.4) is 0 Å². The summed E-state index contributed by atoms with van der Waals surface area (Å²) in [7, 11) is 0. The number of unbranched alkanes of at least 4 members (excludes halogenated alkanes) is 6. The summed E-state index contributed by atoms with van der Waals surface area (Å²) in [5, 5.41) is 0.546. The number of carbonyl (C=O) groups excluding carboxylic acids is 1. The van der Waals surface area contributed by atoms with Crippen molar-refractivity contribution in [3.05, 3.63) is 18.3 Å². The molecule has 0 saturated carbocycles. The van der Waals surface area contributed by atoms with Crippen LogP contribution in [0.2, 0.25) is 0 Å². The fourth-order valence-corrected chi connectivity index (χ4v) is 6.95. The lowest BCUT2D eigenvalue weighted by atomic mass is 10.1. The molecule has 0 fully saturated rings. The first-order valence-corrected chi connectivity index (χ1v) is 13.9. The first-order valence-electron chi connectivity index (χ1n) is 10.6. The standard InChI is InChI=1S/C16H19Br2FOS2.3C2H6/c1-2-3-4-5-6-7-8-9-10(20)13-12(19)11-14(21-13)16(18)22-15(11)17;3*1-2/h2-9H2,1H3;3*1-2H3. The van der Waals surface area contributed by atoms with Crippen molar-refractivity contribution in [3.63, 3.8) is 0 Å². The summed E-state index contributed by atoms with van der Waals surface area (Å²) in [6, 6.07) is 0. The van der Waals surface area contributed by atoms with Gasteiger partial charge in [-0.05, 0) is 38.3 Å². The Labute approximate surface area is 196 Å². The van der Waals surface area contributed by atoms with Crippen molar-refractivity contribution in [1.29, 1.82) is 0 Å². The van der Waals surface area contributed by atoms with E-state index in [1.54, 1.807) is 0 Å². The average Bonchev–Trinajstić information content (AvgIpc) is 3.23. The number of hydrogen-bond donors (Lipinski definition) is 0. The van der Waals surface area contributed by atoms with Gasteiger partial charge < -0.3 is 0 Å². The predicted molar refractivity (Wildman–Crippen MR) is 136 cm³/mol. The van der Waals surface area contributed by atoms with Crippen LogP contribution < -0.4 is 0 Å². The minimum absolute atomic E-state index is 0.0592. The number of hydrogen-bond acceptors (Lipinski definition) is 3. The molecule has 28 heavy (non-hydrogen) atoms. The van der Waals surface area contributed by atoms with Gasteiger partial charge in [0.2, 0.25) is 0 Å². The Bertz CT molecular complexity index is 651. The van der Waals surface area contributed by atoms with Crippen molar-refractivity contribution in [1.82, 2.24) is 0 Å². The van der Waals surface area contributed by atoms with Crippen LogP contribution in [0.25, 0.3) is 10.1 Å². The third kappa shape index (κ3) is 9.82. The normalized spacial score (nSPS) is 9.64. The summed E-state index contributed by atoms with van der Waals surface area (Å²) < 4.78 is 16.9. The molecule has 2 aromatic rings. The fourth-order valence-electron chi connectivity index (χ4n) is 2.44. The summed E-state index contributed by atoms with van der Waals surface area (Å²) in [5.74, 6) is -0.419. The van der Waals surface area contributed by atoms with Crippen LogP contribution in [-0.2, 0) is 0 Å². The molecule has 0 amide bonds. The molecule has 2 heterocycles. The van der Waals surface area contributed by atoms with Crippen molar-refractivity contribution in [2.75, 3.05) is 0 Å². The van der Waals surface area contributed by atoms with Gasteiger partial charge in [-0.3, -0.25) is 4.79 Å². The van der Waals surface area contributed by atoms with Crippen molar-refractivity contribution >= 4 is 70.4 Å². The Kier molecular flexibility index (Phi) is 20.9. The van der Waals surface area contributed by atoms with Crippen LogP contribution >= 0.6 is 54.5 Å². The molecule has 6 heteroatoms. The van der Waals surface area contributed by atoms with E-state index in [1.165, 1.54) is 54.8 Å². The topological polar surface area (TPSA) is 17.1 Å². The molecule has 0 bridgehead atoms. The highest BCUT2D eigenvalue weighted by Gasteiger charge is 2.23. The van der Waals surface area contributed by atoms with E-state index in [9.17, 15) is 9.18 Å². The molecule has 1 nitrogen and oxygen atoms in total. The summed E-state index contributed by atoms with van der Waals surface area (Å²) >= 11 is 9.51. The smallest absolute Gasteiger partial charge is 0.175 e. The molecular weight excluding hydrogens is 523 g/mol. The van der Waals surface area contributed by atoms with Crippen LogP contribution in [0.5, 0.6) is 0 Å². The summed E-state index contributed by atoms with van der Waals surface area (Å²) in [6.07, 6.45) is 8.60. The zero-order valence-electron chi connectivity index (χ0n) is 18.5. The molecule has 0 spiro atoms. The number of halogens is 3. The van der Waals surface area contributed by atoms with E-state index < -0.39 is 0 Å². The first kappa shape index (κ1) is 30.4. The second-order valence-corrected chi connectivity index (χ2v) is 10.1. The van der Waals surface area contributed by atoms with Gasteiger partial charge in [-0.15, -0.1) is 22.7 Å². The number of rotatable bonds is 9. The Morgan fingerprint density at radius 3 is 1.82 bits per heavy atom. The molecule has 0 aliphatic rings. The van der Waals surface area contributed by atoms with Crippen molar-refractivity contribution in [2.45, 2.75) is 99.8 Å². The molecule has 0 aliphatic carbocycles. The SMILES string of the molecule is CC.CC.CC.CCCCCCCCCC(=O)c1sc2c(Br)sc(Br)c2c1F. The zero-order valence-corrected chi connectivity index (χ0v) is 23.3. The maximum absolute atomic E-state index is 14.4. The molecule has 0 saturated heterocycles. The highest BCUT2D eigenvalue weighted by atomic mass is 79.9. The van der Waals surface area contributed by atoms with E-state index in [4.69, 9.17) is 0 Å². The number of ketones is 1. The number of thiophene rings is 2. The van der Waals surface area contributed by atoms with E-state index in [-0.39, 0.29) is 16.5 Å². The van der Waals surface area contributed by atoms with Crippen LogP contribution in [0.1, 0.15) is 110 Å². The minimum atomic E-state index is -0.359. The minimum Gasteiger partial charge on any atom is -0.293 e. The van der Waals surface area contributed by atoms with E-state index >= 15 is 0 Å². The first-order chi connectivity index (χ1) is 13.6. The van der Waals surface area contributed by atoms with Gasteiger partial charge in [-0.1, -0.05) is 87.0 Å². The lowest BCUT2D eigenvalue weighted by Gasteiger charge is -2.01. The molecule has 0 aliphatic heterocycles. The van der Waals surface area contributed by atoms with Gasteiger partial charge in [0.05, 0.1) is 17.7 Å². The molecular formula is C22H37Br2FOS2. The predicted octanol–water partition coefficient (Wildman–Crippen LogP) is 11.0. The van der Waals surface area contributed by atoms with E-state index in [2.05, 4.69) is 38.8 Å². The Morgan fingerprint density at radius 1 is 0.821 bits per heavy atom. The Hall–Kier alpha value is 0.220. The van der Waals surface area contributed by atoms with Gasteiger partial charge in [-0.2, -0.15) is 0 Å². The van der Waals surface area contributed by atoms with Gasteiger partial charge >= 0.3 is 0 Å². The molecule has 2 rings (SSSR count). The molecule has 0 N–H and O–H groups in total. The quantitative estimate of drug-likeness (QED) is 0.220. The lowest BCUT2D eigenvalue weighted by Crippen LogP contribution is -1.98. The third-order valence-corrected chi connectivity index (χ3v) is 7.81. The van der Waals surface area contributed by atoms with Gasteiger partial charge in [0.15, 0.2) is 11.6 Å². The fraction of sp³-hybridized carbons (Fsp3) is 0.682. The Balaban J connectivity index is 0. The molecule has 0 radical (unpaired) electrons. The molecule has 0 atom stereocenters. The van der Waals surface area contributed by atoms with Gasteiger partial charge in [0, 0.05) is 6.42 Å². The van der Waals surface area contributed by atoms with Gasteiger partial charge in [0.1, 0.15) is 4.88 Å². The second-order valence-electron chi connectivity index (χ2n) is 5.39. The van der Waals surface area contributed by atoms with Crippen molar-refractivity contribution < 1.29 is 9.18 Å². The molecule has 0 unspecified atom stereocenters. The maximum Gasteiger partial charge on any atom is 0.175 e. The molecule has 0 aromatic carbocycles. The summed E-state index contributed by atoms with van der Waals surface area (Å²) in [6.45, 7) is 14.2. The Morgan fingerprint density at radius 2 is 1.32 bits per heavy atom. The highest BCUT2D eigenvalue weighted by molar-refractivity contribution is 9.12. The number of fused-ring (bicyclic) bond motifs is 1. The maximum atomic E-state index is 14.4. The third-order valence-electron chi connectivity index (χ3n) is 3.66. The van der Waals surface area contributed by atoms with Crippen molar-refractivity contribution in [3.8, 4) is 0 Å². The van der Waals surface area contributed by atoms with Crippen LogP contribution in [0, 0.1) is 5.82 Å². The zero-order chi connectivity index (χ0) is 22.1. The monoisotopic (exact) mass is 558 g/mol. The number of Topliss-reactive ketones (excluding diaryl/α,β-unsaturated/α-hetero) is 1. The molecule has 164 valence electrons. The highest BCUT2D eigenvalue weighted by Crippen LogP contribution is 2.45. The second kappa shape index (κ2) is 19.2. The average molecular weight is 560 g/mol. The van der Waals surface area contributed by atoms with Crippen LogP contribution in [0.4, 0.5) is 4.39 Å². The van der Waals surface area contributed by atoms with Crippen LogP contribution in [-0.4, -0.2) is 5.78 Å². The number of carbonyl (C=O) groups is 1. The van der Waals surface area contributed by atoms with E-state index in [1.807, 2.05) is 41.5 Å². The van der Waals surface area contributed by atoms with Gasteiger partial charge in [-0.25, -0.2) is 4.39 Å².